The van der Waals surface area contributed by atoms with Gasteiger partial charge in [-0.05, 0) is 44.6 Å². The van der Waals surface area contributed by atoms with E-state index in [1.807, 2.05) is 32.3 Å². The molecule has 0 saturated carbocycles. The first kappa shape index (κ1) is 19.3. The van der Waals surface area contributed by atoms with E-state index < -0.39 is 0 Å². The van der Waals surface area contributed by atoms with Crippen LogP contribution in [0, 0.1) is 0 Å². The number of benzene rings is 1. The number of nitrogens with one attached hydrogen (secondary N) is 1. The van der Waals surface area contributed by atoms with Gasteiger partial charge in [0.15, 0.2) is 0 Å². The van der Waals surface area contributed by atoms with Crippen LogP contribution in [0.1, 0.15) is 18.4 Å². The Hall–Kier alpha value is -1.79. The molecule has 130 valence electrons. The summed E-state index contributed by atoms with van der Waals surface area (Å²) in [5, 5.41) is 2.87. The molecule has 6 heteroatoms. The van der Waals surface area contributed by atoms with Gasteiger partial charge in [0.1, 0.15) is 12.4 Å². The summed E-state index contributed by atoms with van der Waals surface area (Å²) in [6, 6.07) is 5.71. The van der Waals surface area contributed by atoms with Crippen LogP contribution in [0.15, 0.2) is 18.2 Å². The number of carbonyl (C=O) groups is 1. The van der Waals surface area contributed by atoms with Gasteiger partial charge >= 0.3 is 0 Å². The third-order valence-corrected chi connectivity index (χ3v) is 3.36. The van der Waals surface area contributed by atoms with Crippen molar-refractivity contribution in [3.05, 3.63) is 23.8 Å². The molecular formula is C17H29N3O3. The number of hydrogen-bond donors (Lipinski definition) is 2. The van der Waals surface area contributed by atoms with Crippen molar-refractivity contribution in [1.29, 1.82) is 0 Å². The molecule has 0 aliphatic carbocycles. The Labute approximate surface area is 138 Å². The fourth-order valence-corrected chi connectivity index (χ4v) is 2.01. The van der Waals surface area contributed by atoms with Gasteiger partial charge in [0.2, 0.25) is 5.91 Å². The average molecular weight is 323 g/mol. The number of carbonyl (C=O) groups excluding carboxylic acids is 1. The summed E-state index contributed by atoms with van der Waals surface area (Å²) >= 11 is 0. The van der Waals surface area contributed by atoms with Gasteiger partial charge < -0.3 is 25.4 Å². The van der Waals surface area contributed by atoms with E-state index in [4.69, 9.17) is 15.2 Å². The number of nitrogens with zero attached hydrogens (tertiary/aromatic N) is 1. The molecule has 0 fully saturated rings. The van der Waals surface area contributed by atoms with E-state index in [9.17, 15) is 4.79 Å². The van der Waals surface area contributed by atoms with E-state index in [0.29, 0.717) is 44.0 Å². The highest BCUT2D eigenvalue weighted by Gasteiger charge is 2.05. The van der Waals surface area contributed by atoms with E-state index in [-0.39, 0.29) is 5.91 Å². The van der Waals surface area contributed by atoms with Crippen molar-refractivity contribution in [3.63, 3.8) is 0 Å². The molecule has 0 atom stereocenters. The van der Waals surface area contributed by atoms with Crippen molar-refractivity contribution in [2.24, 2.45) is 0 Å². The van der Waals surface area contributed by atoms with Crippen molar-refractivity contribution in [2.75, 3.05) is 53.2 Å². The van der Waals surface area contributed by atoms with Gasteiger partial charge in [-0.3, -0.25) is 4.79 Å². The van der Waals surface area contributed by atoms with Gasteiger partial charge in [0.05, 0.1) is 5.69 Å². The van der Waals surface area contributed by atoms with E-state index in [0.717, 1.165) is 18.5 Å². The second-order valence-electron chi connectivity index (χ2n) is 5.72. The lowest BCUT2D eigenvalue weighted by Gasteiger charge is -2.13. The number of nitrogens with two attached hydrogens (primary N) is 1. The molecule has 0 aromatic heterocycles. The number of aryl methyl sites for hydroxylation is 1. The average Bonchev–Trinajstić information content (AvgIpc) is 2.51. The van der Waals surface area contributed by atoms with Crippen molar-refractivity contribution in [1.82, 2.24) is 10.2 Å². The number of ether oxygens (including phenoxy) is 2. The summed E-state index contributed by atoms with van der Waals surface area (Å²) in [7, 11) is 5.65. The van der Waals surface area contributed by atoms with E-state index in [1.165, 1.54) is 0 Å². The first-order valence-corrected chi connectivity index (χ1v) is 7.94. The summed E-state index contributed by atoms with van der Waals surface area (Å²) in [5.41, 5.74) is 7.65. The zero-order chi connectivity index (χ0) is 17.1. The Morgan fingerprint density at radius 3 is 2.74 bits per heavy atom. The molecule has 1 rings (SSSR count). The molecule has 23 heavy (non-hydrogen) atoms. The number of rotatable bonds is 11. The summed E-state index contributed by atoms with van der Waals surface area (Å²) in [4.78, 5) is 13.8. The van der Waals surface area contributed by atoms with Crippen LogP contribution in [-0.4, -0.2) is 58.3 Å². The summed E-state index contributed by atoms with van der Waals surface area (Å²) < 4.78 is 10.6. The predicted molar refractivity (Wildman–Crippen MR) is 92.7 cm³/mol. The molecule has 3 N–H and O–H groups in total. The fraction of sp³-hybridized carbons (Fsp3) is 0.588. The van der Waals surface area contributed by atoms with Gasteiger partial charge in [0, 0.05) is 33.2 Å². The highest BCUT2D eigenvalue weighted by atomic mass is 16.5. The van der Waals surface area contributed by atoms with Crippen LogP contribution in [0.5, 0.6) is 5.75 Å². The van der Waals surface area contributed by atoms with E-state index >= 15 is 0 Å². The maximum absolute atomic E-state index is 11.7. The zero-order valence-electron chi connectivity index (χ0n) is 14.4. The molecule has 0 aliphatic heterocycles. The molecule has 1 aromatic carbocycles. The number of nitrogen functional groups attached to an aromatic ring is 1. The van der Waals surface area contributed by atoms with Gasteiger partial charge in [-0.15, -0.1) is 0 Å². The molecule has 0 unspecified atom stereocenters. The van der Waals surface area contributed by atoms with Crippen LogP contribution in [0.4, 0.5) is 5.69 Å². The smallest absolute Gasteiger partial charge is 0.220 e. The fourth-order valence-electron chi connectivity index (χ4n) is 2.01. The quantitative estimate of drug-likeness (QED) is 0.474. The topological polar surface area (TPSA) is 76.8 Å². The minimum atomic E-state index is 0.0472. The first-order chi connectivity index (χ1) is 11.0. The minimum absolute atomic E-state index is 0.0472. The lowest BCUT2D eigenvalue weighted by Crippen LogP contribution is -2.25. The first-order valence-electron chi connectivity index (χ1n) is 7.94. The molecule has 0 saturated heterocycles. The van der Waals surface area contributed by atoms with Gasteiger partial charge in [-0.2, -0.15) is 0 Å². The lowest BCUT2D eigenvalue weighted by molar-refractivity contribution is -0.121. The number of likely N-dealkylation sites (N-methyl/N-ethyl adjacent to an activating group) is 1. The lowest BCUT2D eigenvalue weighted by atomic mass is 10.1. The van der Waals surface area contributed by atoms with Crippen LogP contribution < -0.4 is 15.8 Å². The van der Waals surface area contributed by atoms with Gasteiger partial charge in [-0.25, -0.2) is 0 Å². The van der Waals surface area contributed by atoms with E-state index in [2.05, 4.69) is 10.2 Å². The number of anilines is 1. The Bertz CT molecular complexity index is 478. The third kappa shape index (κ3) is 8.42. The molecule has 1 aromatic rings. The number of methoxy groups -OCH3 is 1. The predicted octanol–water partition coefficient (Wildman–Crippen LogP) is 1.29. The van der Waals surface area contributed by atoms with Crippen LogP contribution in [0.3, 0.4) is 0 Å². The number of amides is 1. The maximum atomic E-state index is 11.7. The Kier molecular flexibility index (Phi) is 9.09. The SMILES string of the molecule is COCCCNC(=O)CCc1ccc(OCCN(C)C)c(N)c1. The Balaban J connectivity index is 2.34. The Morgan fingerprint density at radius 2 is 2.09 bits per heavy atom. The van der Waals surface area contributed by atoms with Crippen LogP contribution in [-0.2, 0) is 16.0 Å². The zero-order valence-corrected chi connectivity index (χ0v) is 14.4. The largest absolute Gasteiger partial charge is 0.490 e. The monoisotopic (exact) mass is 323 g/mol. The molecule has 6 nitrogen and oxygen atoms in total. The van der Waals surface area contributed by atoms with Crippen molar-refractivity contribution < 1.29 is 14.3 Å². The second-order valence-corrected chi connectivity index (χ2v) is 5.72. The highest BCUT2D eigenvalue weighted by molar-refractivity contribution is 5.76. The van der Waals surface area contributed by atoms with Gasteiger partial charge in [0.25, 0.3) is 0 Å². The second kappa shape index (κ2) is 10.9. The standard InChI is InChI=1S/C17H29N3O3/c1-20(2)10-12-23-16-7-5-14(13-15(16)18)6-8-17(21)19-9-4-11-22-3/h5,7,13H,4,6,8-12,18H2,1-3H3,(H,19,21). The molecule has 0 radical (unpaired) electrons. The third-order valence-electron chi connectivity index (χ3n) is 3.36. The Morgan fingerprint density at radius 1 is 1.30 bits per heavy atom. The van der Waals surface area contributed by atoms with Crippen molar-refractivity contribution >= 4 is 11.6 Å². The molecule has 1 amide bonds. The molecule has 0 aliphatic rings. The number of hydrogen-bond acceptors (Lipinski definition) is 5. The van der Waals surface area contributed by atoms with Gasteiger partial charge in [-0.1, -0.05) is 6.07 Å². The highest BCUT2D eigenvalue weighted by Crippen LogP contribution is 2.23. The molecule has 0 heterocycles. The van der Waals surface area contributed by atoms with Crippen LogP contribution in [0.2, 0.25) is 0 Å². The summed E-state index contributed by atoms with van der Waals surface area (Å²) in [6.07, 6.45) is 1.94. The molecule has 0 bridgehead atoms. The molecule has 0 spiro atoms. The van der Waals surface area contributed by atoms with Crippen molar-refractivity contribution in [3.8, 4) is 5.75 Å². The van der Waals surface area contributed by atoms with Crippen LogP contribution in [0.25, 0.3) is 0 Å². The minimum Gasteiger partial charge on any atom is -0.490 e. The van der Waals surface area contributed by atoms with E-state index in [1.54, 1.807) is 7.11 Å². The summed E-state index contributed by atoms with van der Waals surface area (Å²) in [5.74, 6) is 0.741. The van der Waals surface area contributed by atoms with Crippen molar-refractivity contribution in [2.45, 2.75) is 19.3 Å². The summed E-state index contributed by atoms with van der Waals surface area (Å²) in [6.45, 7) is 2.74. The normalized spacial score (nSPS) is 10.8. The maximum Gasteiger partial charge on any atom is 0.220 e. The van der Waals surface area contributed by atoms with Crippen LogP contribution >= 0.6 is 0 Å². The molecular weight excluding hydrogens is 294 g/mol.